The van der Waals surface area contributed by atoms with Gasteiger partial charge in [0.15, 0.2) is 0 Å². The van der Waals surface area contributed by atoms with E-state index in [1.807, 2.05) is 24.3 Å². The predicted molar refractivity (Wildman–Crippen MR) is 144 cm³/mol. The Morgan fingerprint density at radius 2 is 2.19 bits per heavy atom. The molecule has 4 heterocycles. The van der Waals surface area contributed by atoms with E-state index in [2.05, 4.69) is 39.5 Å². The highest BCUT2D eigenvalue weighted by atomic mass is 35.5. The number of hydrogen-bond acceptors (Lipinski definition) is 6. The Labute approximate surface area is 221 Å². The van der Waals surface area contributed by atoms with E-state index in [-0.39, 0.29) is 17.4 Å². The van der Waals surface area contributed by atoms with E-state index in [0.29, 0.717) is 36.1 Å². The lowest BCUT2D eigenvalue weighted by molar-refractivity contribution is -0.0403. The first-order valence-corrected chi connectivity index (χ1v) is 13.3. The van der Waals surface area contributed by atoms with Gasteiger partial charge in [0.25, 0.3) is 5.91 Å². The van der Waals surface area contributed by atoms with Gasteiger partial charge in [-0.2, -0.15) is 0 Å². The minimum atomic E-state index is -0.0761. The molecule has 9 heteroatoms. The minimum Gasteiger partial charge on any atom is -0.488 e. The molecule has 6 rings (SSSR count). The summed E-state index contributed by atoms with van der Waals surface area (Å²) in [6.07, 6.45) is 6.32. The zero-order valence-electron chi connectivity index (χ0n) is 21.2. The lowest BCUT2D eigenvalue weighted by atomic mass is 9.93. The third kappa shape index (κ3) is 4.47. The van der Waals surface area contributed by atoms with Crippen LogP contribution in [0.3, 0.4) is 0 Å². The fourth-order valence-corrected chi connectivity index (χ4v) is 5.79. The number of benzene rings is 1. The summed E-state index contributed by atoms with van der Waals surface area (Å²) in [7, 11) is 2.09. The van der Waals surface area contributed by atoms with Crippen molar-refractivity contribution in [3.63, 3.8) is 0 Å². The Morgan fingerprint density at radius 1 is 1.32 bits per heavy atom. The lowest BCUT2D eigenvalue weighted by Crippen LogP contribution is -2.42. The smallest absolute Gasteiger partial charge is 0.255 e. The fourth-order valence-electron chi connectivity index (χ4n) is 5.48. The largest absolute Gasteiger partial charge is 0.488 e. The quantitative estimate of drug-likeness (QED) is 0.423. The molecule has 0 unspecified atom stereocenters. The topological polar surface area (TPSA) is 91.5 Å². The number of nitrogens with zero attached hydrogens (tertiary/aromatic N) is 2. The normalized spacial score (nSPS) is 20.4. The molecule has 2 aromatic heterocycles. The van der Waals surface area contributed by atoms with E-state index < -0.39 is 0 Å². The second kappa shape index (κ2) is 9.67. The van der Waals surface area contributed by atoms with Gasteiger partial charge < -0.3 is 30.0 Å². The van der Waals surface area contributed by atoms with Crippen molar-refractivity contribution in [1.82, 2.24) is 20.2 Å². The number of hydrogen-bond donors (Lipinski definition) is 3. The first kappa shape index (κ1) is 24.3. The summed E-state index contributed by atoms with van der Waals surface area (Å²) >= 11 is 6.53. The summed E-state index contributed by atoms with van der Waals surface area (Å²) in [5.74, 6) is 0.570. The van der Waals surface area contributed by atoms with E-state index in [0.717, 1.165) is 66.2 Å². The second-order valence-corrected chi connectivity index (χ2v) is 10.7. The number of amides is 1. The summed E-state index contributed by atoms with van der Waals surface area (Å²) in [6, 6.07) is 7.75. The molecular weight excluding hydrogens is 490 g/mol. The van der Waals surface area contributed by atoms with E-state index in [4.69, 9.17) is 21.1 Å². The van der Waals surface area contributed by atoms with Crippen molar-refractivity contribution in [2.24, 2.45) is 0 Å². The molecule has 1 aromatic carbocycles. The number of H-pyrrole nitrogens is 1. The Bertz CT molecular complexity index is 1340. The highest BCUT2D eigenvalue weighted by molar-refractivity contribution is 6.31. The number of carbonyl (C=O) groups is 1. The number of carbonyl (C=O) groups excluding carboxylic acids is 1. The number of aromatic nitrogens is 2. The van der Waals surface area contributed by atoms with Crippen molar-refractivity contribution >= 4 is 28.9 Å². The molecule has 2 fully saturated rings. The Kier molecular flexibility index (Phi) is 6.34. The number of likely N-dealkylation sites (N-methyl/N-ethyl adjacent to an activating group) is 1. The summed E-state index contributed by atoms with van der Waals surface area (Å²) < 4.78 is 12.2. The van der Waals surface area contributed by atoms with Gasteiger partial charge in [-0.25, -0.2) is 0 Å². The van der Waals surface area contributed by atoms with E-state index in [1.54, 1.807) is 12.4 Å². The van der Waals surface area contributed by atoms with Crippen molar-refractivity contribution < 1.29 is 14.3 Å². The molecule has 1 spiro atoms. The number of morpholine rings is 1. The summed E-state index contributed by atoms with van der Waals surface area (Å²) in [4.78, 5) is 23.5. The van der Waals surface area contributed by atoms with Gasteiger partial charge in [-0.15, -0.1) is 0 Å². The molecule has 1 aliphatic carbocycles. The van der Waals surface area contributed by atoms with Crippen molar-refractivity contribution in [3.8, 4) is 17.0 Å². The van der Waals surface area contributed by atoms with Crippen molar-refractivity contribution in [3.05, 3.63) is 58.5 Å². The standard InChI is InChI=1S/C28H32ClN5O3/c1-3-18-20(29)5-4-6-21(18)32-25-23-26(28(8-9-28)16-31-27(23)35)33-24(25)19-7-10-30-13-22(19)37-15-17-14-34(2)11-12-36-17/h4-7,10,13,17,32-33H,3,8-9,11-12,14-16H2,1-2H3,(H,31,35)/t17-/m0/s1. The molecule has 0 bridgehead atoms. The van der Waals surface area contributed by atoms with E-state index >= 15 is 0 Å². The van der Waals surface area contributed by atoms with Crippen molar-refractivity contribution in [1.29, 1.82) is 0 Å². The molecule has 8 nitrogen and oxygen atoms in total. The van der Waals surface area contributed by atoms with Gasteiger partial charge in [0.05, 0.1) is 29.7 Å². The van der Waals surface area contributed by atoms with Crippen LogP contribution < -0.4 is 15.4 Å². The number of nitrogens with one attached hydrogen (secondary N) is 3. The molecule has 1 atom stereocenters. The van der Waals surface area contributed by atoms with Crippen LogP contribution in [0.4, 0.5) is 11.4 Å². The van der Waals surface area contributed by atoms with Crippen LogP contribution >= 0.6 is 11.6 Å². The van der Waals surface area contributed by atoms with Gasteiger partial charge in [0.1, 0.15) is 18.5 Å². The maximum Gasteiger partial charge on any atom is 0.255 e. The van der Waals surface area contributed by atoms with Crippen LogP contribution in [-0.4, -0.2) is 66.8 Å². The number of ether oxygens (including phenoxy) is 2. The second-order valence-electron chi connectivity index (χ2n) is 10.3. The zero-order chi connectivity index (χ0) is 25.6. The Hall–Kier alpha value is -3.07. The Balaban J connectivity index is 1.43. The van der Waals surface area contributed by atoms with E-state index in [9.17, 15) is 4.79 Å². The first-order valence-electron chi connectivity index (χ1n) is 13.0. The van der Waals surface area contributed by atoms with Gasteiger partial charge in [-0.05, 0) is 50.1 Å². The third-order valence-corrected chi connectivity index (χ3v) is 8.10. The van der Waals surface area contributed by atoms with E-state index in [1.165, 1.54) is 0 Å². The number of fused-ring (bicyclic) bond motifs is 2. The number of aromatic amines is 1. The average molecular weight is 522 g/mol. The first-order chi connectivity index (χ1) is 18.0. The molecule has 2 aliphatic heterocycles. The monoisotopic (exact) mass is 521 g/mol. The van der Waals surface area contributed by atoms with Crippen LogP contribution in [0.15, 0.2) is 36.7 Å². The predicted octanol–water partition coefficient (Wildman–Crippen LogP) is 4.52. The van der Waals surface area contributed by atoms with Crippen LogP contribution in [0, 0.1) is 0 Å². The molecule has 194 valence electrons. The lowest BCUT2D eigenvalue weighted by Gasteiger charge is -2.30. The molecule has 1 saturated heterocycles. The van der Waals surface area contributed by atoms with Gasteiger partial charge in [0, 0.05) is 53.2 Å². The number of halogens is 1. The maximum absolute atomic E-state index is 13.3. The maximum atomic E-state index is 13.3. The van der Waals surface area contributed by atoms with Crippen LogP contribution in [0.25, 0.3) is 11.3 Å². The Morgan fingerprint density at radius 3 is 2.97 bits per heavy atom. The van der Waals surface area contributed by atoms with Gasteiger partial charge in [0.2, 0.25) is 0 Å². The van der Waals surface area contributed by atoms with Gasteiger partial charge in [-0.3, -0.25) is 9.78 Å². The van der Waals surface area contributed by atoms with Crippen LogP contribution in [0.1, 0.15) is 41.4 Å². The summed E-state index contributed by atoms with van der Waals surface area (Å²) in [5.41, 5.74) is 5.92. The van der Waals surface area contributed by atoms with Crippen molar-refractivity contribution in [2.75, 3.05) is 45.2 Å². The number of pyridine rings is 1. The summed E-state index contributed by atoms with van der Waals surface area (Å²) in [6.45, 7) is 5.58. The van der Waals surface area contributed by atoms with Gasteiger partial charge >= 0.3 is 0 Å². The van der Waals surface area contributed by atoms with Crippen LogP contribution in [0.2, 0.25) is 5.02 Å². The molecule has 3 aromatic rings. The van der Waals surface area contributed by atoms with Crippen molar-refractivity contribution in [2.45, 2.75) is 37.7 Å². The highest BCUT2D eigenvalue weighted by Crippen LogP contribution is 2.54. The molecule has 3 aliphatic rings. The average Bonchev–Trinajstić information content (AvgIpc) is 3.58. The minimum absolute atomic E-state index is 0.0136. The molecular formula is C28H32ClN5O3. The molecule has 1 amide bonds. The zero-order valence-corrected chi connectivity index (χ0v) is 22.0. The fraction of sp³-hybridized carbons (Fsp3) is 0.429. The molecule has 0 radical (unpaired) electrons. The van der Waals surface area contributed by atoms with Gasteiger partial charge in [-0.1, -0.05) is 24.6 Å². The number of rotatable bonds is 7. The third-order valence-electron chi connectivity index (χ3n) is 7.75. The highest BCUT2D eigenvalue weighted by Gasteiger charge is 2.51. The SMILES string of the molecule is CCc1c(Cl)cccc1Nc1c(-c2ccncc2OC[C@@H]2CN(C)CCO2)[nH]c2c1C(=O)NCC21CC1. The molecule has 37 heavy (non-hydrogen) atoms. The molecule has 3 N–H and O–H groups in total. The van der Waals surface area contributed by atoms with Crippen LogP contribution in [0.5, 0.6) is 5.75 Å². The molecule has 1 saturated carbocycles. The summed E-state index contributed by atoms with van der Waals surface area (Å²) in [5, 5.41) is 7.41. The number of anilines is 2. The van der Waals surface area contributed by atoms with Crippen LogP contribution in [-0.2, 0) is 16.6 Å².